The van der Waals surface area contributed by atoms with Gasteiger partial charge in [-0.3, -0.25) is 0 Å². The predicted molar refractivity (Wildman–Crippen MR) is 68.8 cm³/mol. The van der Waals surface area contributed by atoms with Gasteiger partial charge in [0.1, 0.15) is 5.69 Å². The Labute approximate surface area is 92.2 Å². The Kier molecular flexibility index (Phi) is 1.65. The van der Waals surface area contributed by atoms with Crippen molar-refractivity contribution in [3.05, 3.63) is 36.4 Å². The van der Waals surface area contributed by atoms with E-state index in [4.69, 9.17) is 0 Å². The van der Waals surface area contributed by atoms with Crippen molar-refractivity contribution in [1.29, 1.82) is 0 Å². The average Bonchev–Trinajstić information content (AvgIpc) is 2.43. The van der Waals surface area contributed by atoms with Crippen molar-refractivity contribution >= 4 is 30.6 Å². The summed E-state index contributed by atoms with van der Waals surface area (Å²) in [7, 11) is 4.17. The molecule has 1 nitrogen and oxygen atoms in total. The summed E-state index contributed by atoms with van der Waals surface area (Å²) in [5.41, 5.74) is 1.50. The van der Waals surface area contributed by atoms with Crippen LogP contribution >= 0.6 is 0 Å². The van der Waals surface area contributed by atoms with Crippen LogP contribution in [-0.4, -0.2) is 23.1 Å². The van der Waals surface area contributed by atoms with Crippen LogP contribution < -0.4 is 9.34 Å². The molecule has 0 amide bonds. The lowest BCUT2D eigenvalue weighted by atomic mass is 10.1. The standard InChI is InChI=1S/C13H15NSi/c1-14(2)11-8-4-6-10-7-5-9-12(13(10)11)15(14)3/h4-9H,1-3H3/q+1. The van der Waals surface area contributed by atoms with Crippen LogP contribution in [0, 0.1) is 0 Å². The fraction of sp³-hybridized carbons (Fsp3) is 0.231. The molecule has 0 unspecified atom stereocenters. The molecule has 2 aromatic carbocycles. The zero-order valence-electron chi connectivity index (χ0n) is 9.41. The minimum Gasteiger partial charge on any atom is -0.349 e. The normalized spacial score (nSPS) is 18.6. The molecule has 0 N–H and O–H groups in total. The maximum Gasteiger partial charge on any atom is 0.375 e. The molecule has 0 aliphatic carbocycles. The largest absolute Gasteiger partial charge is 0.375 e. The number of hydrogen-bond acceptors (Lipinski definition) is 0. The summed E-state index contributed by atoms with van der Waals surface area (Å²) < 4.78 is 1.07. The number of nitrogens with zero attached hydrogens (tertiary/aromatic N) is 1. The molecule has 1 aliphatic rings. The Morgan fingerprint density at radius 3 is 2.40 bits per heavy atom. The van der Waals surface area contributed by atoms with E-state index in [1.807, 2.05) is 0 Å². The van der Waals surface area contributed by atoms with E-state index in [2.05, 4.69) is 57.0 Å². The second-order valence-corrected chi connectivity index (χ2v) is 7.55. The van der Waals surface area contributed by atoms with E-state index in [0.29, 0.717) is 0 Å². The second kappa shape index (κ2) is 2.71. The van der Waals surface area contributed by atoms with E-state index in [0.717, 1.165) is 4.15 Å². The molecule has 0 spiro atoms. The molecular weight excluding hydrogens is 198 g/mol. The number of quaternary nitrogens is 1. The Balaban J connectivity index is 2.51. The number of hydrogen-bond donors (Lipinski definition) is 0. The van der Waals surface area contributed by atoms with Crippen LogP contribution in [0.4, 0.5) is 5.69 Å². The summed E-state index contributed by atoms with van der Waals surface area (Å²) in [6.45, 7) is 2.42. The van der Waals surface area contributed by atoms with Gasteiger partial charge in [0.25, 0.3) is 0 Å². The number of rotatable bonds is 0. The van der Waals surface area contributed by atoms with E-state index < -0.39 is 8.96 Å². The third kappa shape index (κ3) is 1.01. The first-order chi connectivity index (χ1) is 7.12. The molecule has 0 bridgehead atoms. The first-order valence-corrected chi connectivity index (χ1v) is 7.28. The van der Waals surface area contributed by atoms with Crippen molar-refractivity contribution in [2.75, 3.05) is 14.1 Å². The Bertz CT molecular complexity index is 540. The molecule has 0 saturated heterocycles. The van der Waals surface area contributed by atoms with Gasteiger partial charge < -0.3 is 4.15 Å². The summed E-state index contributed by atoms with van der Waals surface area (Å²) in [5, 5.41) is 4.51. The monoisotopic (exact) mass is 213 g/mol. The van der Waals surface area contributed by atoms with E-state index in [1.54, 1.807) is 5.19 Å². The van der Waals surface area contributed by atoms with Gasteiger partial charge >= 0.3 is 8.96 Å². The fourth-order valence-electron chi connectivity index (χ4n) is 2.57. The third-order valence-electron chi connectivity index (χ3n) is 3.71. The van der Waals surface area contributed by atoms with Gasteiger partial charge in [-0.2, -0.15) is 0 Å². The molecule has 15 heavy (non-hydrogen) atoms. The highest BCUT2D eigenvalue weighted by Crippen LogP contribution is 2.34. The Hall–Kier alpha value is -1.12. The van der Waals surface area contributed by atoms with E-state index in [9.17, 15) is 0 Å². The maximum absolute atomic E-state index is 2.42. The topological polar surface area (TPSA) is 0 Å². The first-order valence-electron chi connectivity index (χ1n) is 5.33. The summed E-state index contributed by atoms with van der Waals surface area (Å²) in [6, 6.07) is 13.4. The second-order valence-electron chi connectivity index (χ2n) is 4.72. The van der Waals surface area contributed by atoms with Crippen LogP contribution in [-0.2, 0) is 0 Å². The zero-order chi connectivity index (χ0) is 10.6. The van der Waals surface area contributed by atoms with Gasteiger partial charge in [-0.25, -0.2) is 0 Å². The zero-order valence-corrected chi connectivity index (χ0v) is 10.4. The van der Waals surface area contributed by atoms with E-state index in [1.165, 1.54) is 16.5 Å². The summed E-state index contributed by atoms with van der Waals surface area (Å²) >= 11 is 0. The molecule has 2 heteroatoms. The lowest BCUT2D eigenvalue weighted by Gasteiger charge is -2.29. The van der Waals surface area contributed by atoms with Crippen molar-refractivity contribution in [3.63, 3.8) is 0 Å². The van der Waals surface area contributed by atoms with E-state index in [-0.39, 0.29) is 0 Å². The summed E-state index contributed by atoms with van der Waals surface area (Å²) in [6.07, 6.45) is 0. The van der Waals surface area contributed by atoms with Gasteiger partial charge in [0.15, 0.2) is 0 Å². The summed E-state index contributed by atoms with van der Waals surface area (Å²) in [5.74, 6) is 0. The van der Waals surface area contributed by atoms with Crippen molar-refractivity contribution in [3.8, 4) is 0 Å². The van der Waals surface area contributed by atoms with Gasteiger partial charge in [0, 0.05) is 10.6 Å². The van der Waals surface area contributed by atoms with Gasteiger partial charge in [-0.05, 0) is 18.0 Å². The molecule has 1 aliphatic heterocycles. The van der Waals surface area contributed by atoms with Crippen LogP contribution in [0.25, 0.3) is 10.8 Å². The Morgan fingerprint density at radius 2 is 1.67 bits per heavy atom. The average molecular weight is 213 g/mol. The molecule has 3 rings (SSSR count). The number of benzene rings is 2. The first kappa shape index (κ1) is 9.13. The summed E-state index contributed by atoms with van der Waals surface area (Å²) in [4.78, 5) is 0. The van der Waals surface area contributed by atoms with Gasteiger partial charge in [0.2, 0.25) is 0 Å². The maximum atomic E-state index is 2.42. The van der Waals surface area contributed by atoms with Crippen molar-refractivity contribution in [2.24, 2.45) is 0 Å². The van der Waals surface area contributed by atoms with Crippen LogP contribution in [0.2, 0.25) is 6.55 Å². The molecular formula is C13H15NSi+. The minimum absolute atomic E-state index is 0.503. The van der Waals surface area contributed by atoms with Crippen LogP contribution in [0.1, 0.15) is 0 Å². The van der Waals surface area contributed by atoms with Crippen molar-refractivity contribution in [1.82, 2.24) is 4.15 Å². The predicted octanol–water partition coefficient (Wildman–Crippen LogP) is 2.25. The smallest absolute Gasteiger partial charge is 0.349 e. The third-order valence-corrected chi connectivity index (χ3v) is 6.83. The van der Waals surface area contributed by atoms with Crippen LogP contribution in [0.3, 0.4) is 0 Å². The van der Waals surface area contributed by atoms with Crippen molar-refractivity contribution in [2.45, 2.75) is 6.55 Å². The lowest BCUT2D eigenvalue weighted by molar-refractivity contribution is 0.632. The molecule has 0 atom stereocenters. The highest BCUT2D eigenvalue weighted by molar-refractivity contribution is 6.78. The molecule has 1 radical (unpaired) electrons. The highest BCUT2D eigenvalue weighted by atomic mass is 28.3. The quantitative estimate of drug-likeness (QED) is 0.589. The SMILES string of the molecule is C[Si]1c2cccc3cccc(c23)[N+]1(C)C. The molecule has 2 aromatic rings. The lowest BCUT2D eigenvalue weighted by Crippen LogP contribution is -2.54. The van der Waals surface area contributed by atoms with Gasteiger partial charge in [0.05, 0.1) is 14.1 Å². The van der Waals surface area contributed by atoms with Crippen LogP contribution in [0.15, 0.2) is 36.4 Å². The molecule has 0 aromatic heterocycles. The van der Waals surface area contributed by atoms with Gasteiger partial charge in [-0.15, -0.1) is 0 Å². The van der Waals surface area contributed by atoms with Gasteiger partial charge in [-0.1, -0.05) is 30.3 Å². The molecule has 0 fully saturated rings. The molecule has 0 saturated carbocycles. The minimum atomic E-state index is -0.503. The molecule has 75 valence electrons. The molecule has 1 heterocycles. The van der Waals surface area contributed by atoms with Crippen molar-refractivity contribution < 1.29 is 0 Å². The Morgan fingerprint density at radius 1 is 1.00 bits per heavy atom. The van der Waals surface area contributed by atoms with E-state index >= 15 is 0 Å². The highest BCUT2D eigenvalue weighted by Gasteiger charge is 2.41. The van der Waals surface area contributed by atoms with Crippen LogP contribution in [0.5, 0.6) is 0 Å². The fourth-order valence-corrected chi connectivity index (χ4v) is 4.69.